The average molecular weight is 438 g/mol. The normalized spacial score (nSPS) is 10.9. The number of furan rings is 1. The number of nitrogens with zero attached hydrogens (tertiary/aromatic N) is 5. The zero-order chi connectivity index (χ0) is 21.6. The molecule has 0 aliphatic heterocycles. The average Bonchev–Trinajstić information content (AvgIpc) is 3.44. The van der Waals surface area contributed by atoms with Gasteiger partial charge in [0.15, 0.2) is 11.0 Å². The smallest absolute Gasteiger partial charge is 0.233 e. The van der Waals surface area contributed by atoms with Crippen LogP contribution in [0.3, 0.4) is 0 Å². The molecule has 4 rings (SSSR count). The Balaban J connectivity index is 1.48. The molecule has 1 amide bonds. The first kappa shape index (κ1) is 20.8. The lowest BCUT2D eigenvalue weighted by Crippen LogP contribution is -2.27. The summed E-state index contributed by atoms with van der Waals surface area (Å²) >= 11 is 1.31. The molecule has 4 aromatic rings. The van der Waals surface area contributed by atoms with Gasteiger partial charge < -0.3 is 9.32 Å². The van der Waals surface area contributed by atoms with Gasteiger partial charge in [0.05, 0.1) is 18.6 Å². The van der Waals surface area contributed by atoms with Crippen molar-refractivity contribution < 1.29 is 13.6 Å². The maximum absolute atomic E-state index is 13.1. The number of amides is 1. The van der Waals surface area contributed by atoms with E-state index in [4.69, 9.17) is 4.42 Å². The molecular weight excluding hydrogens is 417 g/mol. The van der Waals surface area contributed by atoms with Crippen molar-refractivity contribution >= 4 is 17.7 Å². The number of halogens is 1. The molecule has 0 bridgehead atoms. The second kappa shape index (κ2) is 9.57. The largest absolute Gasteiger partial charge is 0.467 e. The van der Waals surface area contributed by atoms with Gasteiger partial charge in [0.2, 0.25) is 5.91 Å². The molecule has 3 heterocycles. The Kier molecular flexibility index (Phi) is 6.42. The van der Waals surface area contributed by atoms with E-state index in [-0.39, 0.29) is 17.5 Å². The first-order valence-corrected chi connectivity index (χ1v) is 10.6. The van der Waals surface area contributed by atoms with Gasteiger partial charge in [-0.15, -0.1) is 10.2 Å². The minimum absolute atomic E-state index is 0.0627. The molecule has 0 unspecified atom stereocenters. The van der Waals surface area contributed by atoms with Crippen molar-refractivity contribution in [1.82, 2.24) is 24.6 Å². The molecule has 0 saturated carbocycles. The predicted molar refractivity (Wildman–Crippen MR) is 115 cm³/mol. The number of carbonyl (C=O) groups is 1. The van der Waals surface area contributed by atoms with Gasteiger partial charge in [-0.3, -0.25) is 14.3 Å². The number of hydrogen-bond donors (Lipinski definition) is 0. The molecule has 0 saturated heterocycles. The van der Waals surface area contributed by atoms with Crippen LogP contribution in [-0.2, 0) is 17.9 Å². The fourth-order valence-corrected chi connectivity index (χ4v) is 3.88. The minimum atomic E-state index is -0.297. The first-order chi connectivity index (χ1) is 15.1. The molecule has 0 aliphatic carbocycles. The van der Waals surface area contributed by atoms with Gasteiger partial charge >= 0.3 is 0 Å². The molecule has 0 atom stereocenters. The Hall–Kier alpha value is -3.46. The quantitative estimate of drug-likeness (QED) is 0.390. The highest BCUT2D eigenvalue weighted by atomic mass is 32.2. The number of thioether (sulfide) groups is 1. The van der Waals surface area contributed by atoms with Gasteiger partial charge in [-0.2, -0.15) is 0 Å². The molecule has 31 heavy (non-hydrogen) atoms. The second-order valence-corrected chi connectivity index (χ2v) is 7.82. The zero-order valence-corrected chi connectivity index (χ0v) is 17.6. The molecular formula is C22H20FN5O2S. The van der Waals surface area contributed by atoms with Crippen LogP contribution in [0.15, 0.2) is 76.8 Å². The summed E-state index contributed by atoms with van der Waals surface area (Å²) in [6.45, 7) is 0.848. The monoisotopic (exact) mass is 437 g/mol. The first-order valence-electron chi connectivity index (χ1n) is 9.57. The molecule has 0 N–H and O–H groups in total. The maximum Gasteiger partial charge on any atom is 0.233 e. The molecule has 0 fully saturated rings. The number of hydrogen-bond acceptors (Lipinski definition) is 6. The van der Waals surface area contributed by atoms with E-state index in [1.54, 1.807) is 42.7 Å². The number of benzene rings is 1. The predicted octanol–water partition coefficient (Wildman–Crippen LogP) is 3.87. The van der Waals surface area contributed by atoms with E-state index in [0.29, 0.717) is 24.1 Å². The van der Waals surface area contributed by atoms with Gasteiger partial charge in [-0.25, -0.2) is 4.39 Å². The molecule has 7 nitrogen and oxygen atoms in total. The molecule has 1 aromatic carbocycles. The van der Waals surface area contributed by atoms with Crippen LogP contribution in [-0.4, -0.2) is 43.4 Å². The van der Waals surface area contributed by atoms with Crippen LogP contribution >= 0.6 is 11.8 Å². The molecule has 0 spiro atoms. The van der Waals surface area contributed by atoms with Gasteiger partial charge in [0.1, 0.15) is 11.6 Å². The van der Waals surface area contributed by atoms with Crippen LogP contribution in [0.25, 0.3) is 11.4 Å². The maximum atomic E-state index is 13.1. The van der Waals surface area contributed by atoms with Crippen molar-refractivity contribution in [3.05, 3.63) is 84.3 Å². The van der Waals surface area contributed by atoms with Crippen molar-refractivity contribution in [1.29, 1.82) is 0 Å². The van der Waals surface area contributed by atoms with Crippen LogP contribution in [0, 0.1) is 5.82 Å². The number of pyridine rings is 1. The Morgan fingerprint density at radius 1 is 1.13 bits per heavy atom. The van der Waals surface area contributed by atoms with E-state index >= 15 is 0 Å². The fraction of sp³-hybridized carbons (Fsp3) is 0.182. The molecule has 3 aromatic heterocycles. The fourth-order valence-electron chi connectivity index (χ4n) is 3.00. The van der Waals surface area contributed by atoms with Crippen molar-refractivity contribution in [3.8, 4) is 11.4 Å². The van der Waals surface area contributed by atoms with E-state index in [0.717, 1.165) is 16.9 Å². The lowest BCUT2D eigenvalue weighted by molar-refractivity contribution is -0.127. The van der Waals surface area contributed by atoms with E-state index in [2.05, 4.69) is 15.2 Å². The lowest BCUT2D eigenvalue weighted by Gasteiger charge is -2.17. The van der Waals surface area contributed by atoms with E-state index in [1.165, 1.54) is 23.9 Å². The van der Waals surface area contributed by atoms with E-state index in [9.17, 15) is 9.18 Å². The molecule has 158 valence electrons. The third-order valence-corrected chi connectivity index (χ3v) is 5.58. The highest BCUT2D eigenvalue weighted by molar-refractivity contribution is 7.99. The lowest BCUT2D eigenvalue weighted by atomic mass is 10.2. The van der Waals surface area contributed by atoms with Crippen LogP contribution in [0.5, 0.6) is 0 Å². The molecule has 9 heteroatoms. The van der Waals surface area contributed by atoms with Crippen molar-refractivity contribution in [2.45, 2.75) is 18.2 Å². The third kappa shape index (κ3) is 5.18. The van der Waals surface area contributed by atoms with Crippen LogP contribution in [0.2, 0.25) is 0 Å². The Morgan fingerprint density at radius 3 is 2.61 bits per heavy atom. The summed E-state index contributed by atoms with van der Waals surface area (Å²) in [6, 6.07) is 13.6. The summed E-state index contributed by atoms with van der Waals surface area (Å²) in [7, 11) is 1.72. The summed E-state index contributed by atoms with van der Waals surface area (Å²) in [5.41, 5.74) is 1.74. The molecule has 0 aliphatic rings. The van der Waals surface area contributed by atoms with Gasteiger partial charge in [0.25, 0.3) is 0 Å². The summed E-state index contributed by atoms with van der Waals surface area (Å²) in [6.07, 6.45) is 5.01. The van der Waals surface area contributed by atoms with E-state index < -0.39 is 0 Å². The van der Waals surface area contributed by atoms with E-state index in [1.807, 2.05) is 28.8 Å². The van der Waals surface area contributed by atoms with Gasteiger partial charge in [0, 0.05) is 31.5 Å². The van der Waals surface area contributed by atoms with Crippen LogP contribution in [0.4, 0.5) is 4.39 Å². The molecule has 0 radical (unpaired) electrons. The topological polar surface area (TPSA) is 77.1 Å². The minimum Gasteiger partial charge on any atom is -0.467 e. The standard InChI is InChI=1S/C22H20FN5O2S/c1-27(13-16-4-6-18(23)7-5-16)20(29)15-31-22-26-25-21(17-8-10-24-11-9-17)28(22)14-19-3-2-12-30-19/h2-12H,13-15H2,1H3. The van der Waals surface area contributed by atoms with Crippen LogP contribution < -0.4 is 0 Å². The third-order valence-electron chi connectivity index (χ3n) is 4.63. The summed E-state index contributed by atoms with van der Waals surface area (Å²) in [4.78, 5) is 18.3. The number of carbonyl (C=O) groups excluding carboxylic acids is 1. The highest BCUT2D eigenvalue weighted by Gasteiger charge is 2.18. The summed E-state index contributed by atoms with van der Waals surface area (Å²) in [5, 5.41) is 9.24. The van der Waals surface area contributed by atoms with Crippen molar-refractivity contribution in [2.75, 3.05) is 12.8 Å². The highest BCUT2D eigenvalue weighted by Crippen LogP contribution is 2.25. The Morgan fingerprint density at radius 2 is 1.90 bits per heavy atom. The van der Waals surface area contributed by atoms with Crippen LogP contribution in [0.1, 0.15) is 11.3 Å². The number of aromatic nitrogens is 4. The van der Waals surface area contributed by atoms with Crippen molar-refractivity contribution in [3.63, 3.8) is 0 Å². The SMILES string of the molecule is CN(Cc1ccc(F)cc1)C(=O)CSc1nnc(-c2ccncc2)n1Cc1ccco1. The van der Waals surface area contributed by atoms with Gasteiger partial charge in [-0.1, -0.05) is 23.9 Å². The Bertz CT molecular complexity index is 1130. The zero-order valence-electron chi connectivity index (χ0n) is 16.8. The Labute approximate surface area is 182 Å². The van der Waals surface area contributed by atoms with Gasteiger partial charge in [-0.05, 0) is 42.0 Å². The summed E-state index contributed by atoms with van der Waals surface area (Å²) < 4.78 is 20.5. The summed E-state index contributed by atoms with van der Waals surface area (Å²) in [5.74, 6) is 1.27. The number of rotatable bonds is 8. The second-order valence-electron chi connectivity index (χ2n) is 6.87. The van der Waals surface area contributed by atoms with Crippen molar-refractivity contribution in [2.24, 2.45) is 0 Å².